The first-order valence-corrected chi connectivity index (χ1v) is 12.9. The highest BCUT2D eigenvalue weighted by Gasteiger charge is 2.41. The van der Waals surface area contributed by atoms with Crippen molar-refractivity contribution in [2.45, 2.75) is 37.9 Å². The first-order valence-electron chi connectivity index (χ1n) is 11.5. The van der Waals surface area contributed by atoms with Crippen molar-refractivity contribution in [3.05, 3.63) is 77.4 Å². The molecule has 0 amide bonds. The van der Waals surface area contributed by atoms with E-state index in [0.29, 0.717) is 5.75 Å². The number of benzene rings is 3. The average Bonchev–Trinajstić information content (AvgIpc) is 3.43. The van der Waals surface area contributed by atoms with Crippen LogP contribution < -0.4 is 18.4 Å². The smallest absolute Gasteiger partial charge is 0.339 e. The summed E-state index contributed by atoms with van der Waals surface area (Å²) in [6.45, 7) is 6.44. The van der Waals surface area contributed by atoms with Crippen LogP contribution in [0.1, 0.15) is 42.7 Å². The Hall–Kier alpha value is -3.23. The number of methoxy groups -OCH3 is 1. The number of hydrogen-bond acceptors (Lipinski definition) is 7. The Labute approximate surface area is 205 Å². The van der Waals surface area contributed by atoms with Crippen LogP contribution in [0.15, 0.2) is 65.6 Å². The summed E-state index contributed by atoms with van der Waals surface area (Å²) >= 11 is 0. The van der Waals surface area contributed by atoms with E-state index in [1.54, 1.807) is 24.3 Å². The normalized spacial score (nSPS) is 23.3. The molecular weight excluding hydrogens is 468 g/mol. The van der Waals surface area contributed by atoms with Gasteiger partial charge >= 0.3 is 10.1 Å². The molecule has 3 aromatic carbocycles. The largest absolute Gasteiger partial charge is 0.493 e. The fraction of sp³-hybridized carbons (Fsp3) is 0.333. The van der Waals surface area contributed by atoms with Gasteiger partial charge in [-0.2, -0.15) is 8.42 Å². The minimum absolute atomic E-state index is 0.0855. The lowest BCUT2D eigenvalue weighted by atomic mass is 9.85. The Morgan fingerprint density at radius 3 is 2.11 bits per heavy atom. The standard InChI is InChI=1S/C27H28O7S/c1-16-5-9-21(10-6-16)35(28,29)34-23-12-8-19(13-24(23)30-4)26-17(2)18(3)27(33-26)20-7-11-22-25(14-20)32-15-31-22/h5-14,17-18,26-27H,15H2,1-4H3/t17-,18+,26+,27+/m1/s1. The van der Waals surface area contributed by atoms with Gasteiger partial charge in [-0.05, 0) is 66.3 Å². The van der Waals surface area contributed by atoms with Crippen LogP contribution in [0.4, 0.5) is 0 Å². The quantitative estimate of drug-likeness (QED) is 0.412. The zero-order valence-electron chi connectivity index (χ0n) is 20.1. The van der Waals surface area contributed by atoms with Gasteiger partial charge in [-0.1, -0.05) is 43.7 Å². The molecule has 0 aliphatic carbocycles. The highest BCUT2D eigenvalue weighted by molar-refractivity contribution is 7.87. The highest BCUT2D eigenvalue weighted by atomic mass is 32.2. The van der Waals surface area contributed by atoms with Crippen LogP contribution in [0.3, 0.4) is 0 Å². The molecule has 0 bridgehead atoms. The molecule has 35 heavy (non-hydrogen) atoms. The van der Waals surface area contributed by atoms with E-state index in [0.717, 1.165) is 28.2 Å². The van der Waals surface area contributed by atoms with Crippen molar-refractivity contribution in [3.8, 4) is 23.0 Å². The minimum Gasteiger partial charge on any atom is -0.493 e. The van der Waals surface area contributed by atoms with E-state index in [1.165, 1.54) is 19.2 Å². The van der Waals surface area contributed by atoms with Gasteiger partial charge in [0.25, 0.3) is 0 Å². The Balaban J connectivity index is 1.39. The summed E-state index contributed by atoms with van der Waals surface area (Å²) in [4.78, 5) is 0.0855. The monoisotopic (exact) mass is 496 g/mol. The number of fused-ring (bicyclic) bond motifs is 1. The second kappa shape index (κ2) is 9.09. The maximum absolute atomic E-state index is 12.8. The Morgan fingerprint density at radius 1 is 0.800 bits per heavy atom. The summed E-state index contributed by atoms with van der Waals surface area (Å²) in [6, 6.07) is 17.6. The molecule has 0 N–H and O–H groups in total. The number of rotatable bonds is 6. The third-order valence-corrected chi connectivity index (χ3v) is 8.08. The van der Waals surface area contributed by atoms with Crippen LogP contribution in [0, 0.1) is 18.8 Å². The zero-order valence-corrected chi connectivity index (χ0v) is 20.9. The summed E-state index contributed by atoms with van der Waals surface area (Å²) in [5.74, 6) is 2.37. The van der Waals surface area contributed by atoms with E-state index < -0.39 is 10.1 Å². The Kier molecular flexibility index (Phi) is 6.11. The van der Waals surface area contributed by atoms with Crippen molar-refractivity contribution in [1.82, 2.24) is 0 Å². The molecule has 1 saturated heterocycles. The first-order chi connectivity index (χ1) is 16.8. The molecule has 0 unspecified atom stereocenters. The second-order valence-corrected chi connectivity index (χ2v) is 10.6. The number of hydrogen-bond donors (Lipinski definition) is 0. The minimum atomic E-state index is -4.00. The molecule has 2 aliphatic rings. The van der Waals surface area contributed by atoms with Crippen molar-refractivity contribution in [2.24, 2.45) is 11.8 Å². The topological polar surface area (TPSA) is 80.3 Å². The van der Waals surface area contributed by atoms with E-state index in [-0.39, 0.29) is 41.5 Å². The summed E-state index contributed by atoms with van der Waals surface area (Å²) in [5, 5.41) is 0. The summed E-state index contributed by atoms with van der Waals surface area (Å²) in [5.41, 5.74) is 2.89. The second-order valence-electron chi connectivity index (χ2n) is 9.07. The van der Waals surface area contributed by atoms with Gasteiger partial charge in [-0.25, -0.2) is 0 Å². The van der Waals surface area contributed by atoms with Crippen molar-refractivity contribution < 1.29 is 31.5 Å². The molecule has 2 aliphatic heterocycles. The molecule has 2 heterocycles. The molecule has 0 saturated carbocycles. The fourth-order valence-electron chi connectivity index (χ4n) is 4.61. The lowest BCUT2D eigenvalue weighted by Gasteiger charge is -2.19. The van der Waals surface area contributed by atoms with Crippen LogP contribution >= 0.6 is 0 Å². The van der Waals surface area contributed by atoms with E-state index in [9.17, 15) is 8.42 Å². The first kappa shape index (κ1) is 23.5. The highest BCUT2D eigenvalue weighted by Crippen LogP contribution is 2.51. The Bertz CT molecular complexity index is 1330. The van der Waals surface area contributed by atoms with Crippen molar-refractivity contribution in [3.63, 3.8) is 0 Å². The van der Waals surface area contributed by atoms with Gasteiger partial charge in [0.15, 0.2) is 23.0 Å². The van der Waals surface area contributed by atoms with E-state index in [4.69, 9.17) is 23.1 Å². The molecular formula is C27H28O7S. The van der Waals surface area contributed by atoms with Crippen molar-refractivity contribution in [2.75, 3.05) is 13.9 Å². The molecule has 4 atom stereocenters. The SMILES string of the molecule is COc1cc([C@H]2O[C@H](c3ccc4c(c3)OCO4)[C@@H](C)[C@H]2C)ccc1OS(=O)(=O)c1ccc(C)cc1. The molecule has 7 nitrogen and oxygen atoms in total. The molecule has 3 aromatic rings. The molecule has 184 valence electrons. The van der Waals surface area contributed by atoms with E-state index in [2.05, 4.69) is 13.8 Å². The molecule has 0 radical (unpaired) electrons. The molecule has 0 aromatic heterocycles. The lowest BCUT2D eigenvalue weighted by molar-refractivity contribution is 0.0288. The third kappa shape index (κ3) is 4.44. The zero-order chi connectivity index (χ0) is 24.7. The van der Waals surface area contributed by atoms with Gasteiger partial charge < -0.3 is 23.1 Å². The van der Waals surface area contributed by atoms with Crippen LogP contribution in [0.2, 0.25) is 0 Å². The maximum atomic E-state index is 12.8. The van der Waals surface area contributed by atoms with Crippen LogP contribution in [0.5, 0.6) is 23.0 Å². The molecule has 8 heteroatoms. The van der Waals surface area contributed by atoms with E-state index >= 15 is 0 Å². The third-order valence-electron chi connectivity index (χ3n) is 6.83. The molecule has 0 spiro atoms. The van der Waals surface area contributed by atoms with Crippen LogP contribution in [-0.4, -0.2) is 22.3 Å². The maximum Gasteiger partial charge on any atom is 0.339 e. The van der Waals surface area contributed by atoms with Crippen molar-refractivity contribution >= 4 is 10.1 Å². The number of aryl methyl sites for hydroxylation is 1. The van der Waals surface area contributed by atoms with Gasteiger partial charge in [0.1, 0.15) is 4.90 Å². The van der Waals surface area contributed by atoms with Crippen molar-refractivity contribution in [1.29, 1.82) is 0 Å². The van der Waals surface area contributed by atoms with Gasteiger partial charge in [-0.15, -0.1) is 0 Å². The molecule has 5 rings (SSSR count). The lowest BCUT2D eigenvalue weighted by Crippen LogP contribution is -2.12. The Morgan fingerprint density at radius 2 is 1.43 bits per heavy atom. The summed E-state index contributed by atoms with van der Waals surface area (Å²) < 4.78 is 54.0. The fourth-order valence-corrected chi connectivity index (χ4v) is 5.55. The van der Waals surface area contributed by atoms with Gasteiger partial charge in [0.05, 0.1) is 19.3 Å². The van der Waals surface area contributed by atoms with Gasteiger partial charge in [0, 0.05) is 0 Å². The summed E-state index contributed by atoms with van der Waals surface area (Å²) in [7, 11) is -2.51. The average molecular weight is 497 g/mol. The molecule has 1 fully saturated rings. The van der Waals surface area contributed by atoms with Crippen LogP contribution in [-0.2, 0) is 14.9 Å². The predicted octanol–water partition coefficient (Wildman–Crippen LogP) is 5.58. The van der Waals surface area contributed by atoms with Gasteiger partial charge in [-0.3, -0.25) is 0 Å². The number of ether oxygens (including phenoxy) is 4. The predicted molar refractivity (Wildman–Crippen MR) is 129 cm³/mol. The summed E-state index contributed by atoms with van der Waals surface area (Å²) in [6.07, 6.45) is -0.314. The van der Waals surface area contributed by atoms with E-state index in [1.807, 2.05) is 31.2 Å². The van der Waals surface area contributed by atoms with Crippen LogP contribution in [0.25, 0.3) is 0 Å². The van der Waals surface area contributed by atoms with Gasteiger partial charge in [0.2, 0.25) is 6.79 Å².